The smallest absolute Gasteiger partial charge is 0.323 e. The summed E-state index contributed by atoms with van der Waals surface area (Å²) < 4.78 is 5.25. The number of urea groups is 1. The number of aliphatic hydroxyl groups excluding tert-OH is 1. The molecule has 2 amide bonds. The van der Waals surface area contributed by atoms with Crippen LogP contribution in [0.5, 0.6) is 5.75 Å². The van der Waals surface area contributed by atoms with Crippen molar-refractivity contribution in [3.8, 4) is 5.75 Å². The van der Waals surface area contributed by atoms with E-state index in [0.29, 0.717) is 45.8 Å². The zero-order chi connectivity index (χ0) is 19.8. The number of rotatable bonds is 8. The Balaban J connectivity index is 2.18. The molecule has 0 bridgehead atoms. The SMILES string of the molecule is COc1cc(NCCN)cc(NC(=O)Nc2cc(Cl)cc(Cl)c2CCO)c1. The average Bonchev–Trinajstić information content (AvgIpc) is 2.62. The van der Waals surface area contributed by atoms with E-state index >= 15 is 0 Å². The van der Waals surface area contributed by atoms with Crippen LogP contribution < -0.4 is 26.4 Å². The molecule has 9 heteroatoms. The second-order valence-corrected chi connectivity index (χ2v) is 6.48. The molecule has 0 aliphatic carbocycles. The molecule has 27 heavy (non-hydrogen) atoms. The number of benzene rings is 2. The minimum absolute atomic E-state index is 0.107. The minimum Gasteiger partial charge on any atom is -0.497 e. The molecule has 2 aromatic rings. The van der Waals surface area contributed by atoms with E-state index in [0.717, 1.165) is 5.69 Å². The third-order valence-electron chi connectivity index (χ3n) is 3.64. The zero-order valence-corrected chi connectivity index (χ0v) is 16.3. The number of hydrogen-bond acceptors (Lipinski definition) is 5. The normalized spacial score (nSPS) is 10.4. The summed E-state index contributed by atoms with van der Waals surface area (Å²) in [5, 5.41) is 18.6. The summed E-state index contributed by atoms with van der Waals surface area (Å²) in [7, 11) is 1.54. The van der Waals surface area contributed by atoms with Gasteiger partial charge in [-0.15, -0.1) is 0 Å². The van der Waals surface area contributed by atoms with Gasteiger partial charge in [-0.3, -0.25) is 0 Å². The highest BCUT2D eigenvalue weighted by molar-refractivity contribution is 6.35. The molecular formula is C18H22Cl2N4O3. The molecule has 0 aliphatic rings. The van der Waals surface area contributed by atoms with Crippen molar-refractivity contribution in [2.45, 2.75) is 6.42 Å². The maximum absolute atomic E-state index is 12.4. The van der Waals surface area contributed by atoms with E-state index < -0.39 is 6.03 Å². The van der Waals surface area contributed by atoms with Crippen molar-refractivity contribution < 1.29 is 14.6 Å². The lowest BCUT2D eigenvalue weighted by molar-refractivity contribution is 0.262. The Bertz CT molecular complexity index is 802. The van der Waals surface area contributed by atoms with Crippen LogP contribution in [0.3, 0.4) is 0 Å². The monoisotopic (exact) mass is 412 g/mol. The molecule has 0 aromatic heterocycles. The summed E-state index contributed by atoms with van der Waals surface area (Å²) in [6.45, 7) is 0.956. The molecule has 146 valence electrons. The van der Waals surface area contributed by atoms with Crippen LogP contribution in [0, 0.1) is 0 Å². The van der Waals surface area contributed by atoms with Gasteiger partial charge in [0, 0.05) is 58.9 Å². The van der Waals surface area contributed by atoms with Crippen LogP contribution in [0.4, 0.5) is 21.9 Å². The number of hydrogen-bond donors (Lipinski definition) is 5. The van der Waals surface area contributed by atoms with Gasteiger partial charge in [-0.2, -0.15) is 0 Å². The van der Waals surface area contributed by atoms with E-state index in [9.17, 15) is 9.90 Å². The molecule has 0 spiro atoms. The fraction of sp³-hybridized carbons (Fsp3) is 0.278. The number of anilines is 3. The van der Waals surface area contributed by atoms with Gasteiger partial charge in [0.15, 0.2) is 0 Å². The predicted octanol–water partition coefficient (Wildman–Crippen LogP) is 3.55. The van der Waals surface area contributed by atoms with Crippen molar-refractivity contribution in [2.75, 3.05) is 42.8 Å². The molecule has 0 saturated heterocycles. The van der Waals surface area contributed by atoms with Gasteiger partial charge in [-0.05, 0) is 30.2 Å². The number of halogens is 2. The summed E-state index contributed by atoms with van der Waals surface area (Å²) in [6.07, 6.45) is 0.290. The Morgan fingerprint density at radius 1 is 1.15 bits per heavy atom. The molecule has 7 nitrogen and oxygen atoms in total. The topological polar surface area (TPSA) is 109 Å². The summed E-state index contributed by atoms with van der Waals surface area (Å²) in [6, 6.07) is 7.91. The number of methoxy groups -OCH3 is 1. The first-order chi connectivity index (χ1) is 13.0. The zero-order valence-electron chi connectivity index (χ0n) is 14.8. The summed E-state index contributed by atoms with van der Waals surface area (Å²) in [5.41, 5.74) is 7.84. The maximum atomic E-state index is 12.4. The Morgan fingerprint density at radius 3 is 2.56 bits per heavy atom. The van der Waals surface area contributed by atoms with Gasteiger partial charge >= 0.3 is 6.03 Å². The van der Waals surface area contributed by atoms with Crippen molar-refractivity contribution in [1.82, 2.24) is 0 Å². The van der Waals surface area contributed by atoms with Gasteiger partial charge < -0.3 is 31.5 Å². The van der Waals surface area contributed by atoms with Crippen molar-refractivity contribution in [3.63, 3.8) is 0 Å². The molecular weight excluding hydrogens is 391 g/mol. The molecule has 0 saturated carbocycles. The van der Waals surface area contributed by atoms with Gasteiger partial charge in [0.25, 0.3) is 0 Å². The molecule has 2 rings (SSSR count). The lowest BCUT2D eigenvalue weighted by Gasteiger charge is -2.15. The third-order valence-corrected chi connectivity index (χ3v) is 4.20. The van der Waals surface area contributed by atoms with E-state index in [-0.39, 0.29) is 13.0 Å². The number of ether oxygens (including phenoxy) is 1. The predicted molar refractivity (Wildman–Crippen MR) is 110 cm³/mol. The lowest BCUT2D eigenvalue weighted by Crippen LogP contribution is -2.21. The highest BCUT2D eigenvalue weighted by Crippen LogP contribution is 2.30. The molecule has 0 heterocycles. The average molecular weight is 413 g/mol. The van der Waals surface area contributed by atoms with Crippen LogP contribution in [-0.4, -0.2) is 37.9 Å². The molecule has 0 fully saturated rings. The summed E-state index contributed by atoms with van der Waals surface area (Å²) in [4.78, 5) is 12.4. The van der Waals surface area contributed by atoms with E-state index in [2.05, 4.69) is 16.0 Å². The number of carbonyl (C=O) groups is 1. The number of nitrogens with two attached hydrogens (primary N) is 1. The van der Waals surface area contributed by atoms with Crippen LogP contribution in [0.15, 0.2) is 30.3 Å². The summed E-state index contributed by atoms with van der Waals surface area (Å²) in [5.74, 6) is 0.582. The summed E-state index contributed by atoms with van der Waals surface area (Å²) >= 11 is 12.2. The van der Waals surface area contributed by atoms with E-state index in [1.165, 1.54) is 0 Å². The van der Waals surface area contributed by atoms with Crippen molar-refractivity contribution in [1.29, 1.82) is 0 Å². The van der Waals surface area contributed by atoms with Gasteiger partial charge in [0.05, 0.1) is 7.11 Å². The lowest BCUT2D eigenvalue weighted by atomic mass is 10.1. The Hall–Kier alpha value is -2.19. The highest BCUT2D eigenvalue weighted by atomic mass is 35.5. The number of nitrogens with one attached hydrogen (secondary N) is 3. The van der Waals surface area contributed by atoms with Crippen LogP contribution in [0.25, 0.3) is 0 Å². The first-order valence-electron chi connectivity index (χ1n) is 8.26. The second kappa shape index (κ2) is 10.2. The van der Waals surface area contributed by atoms with Crippen molar-refractivity contribution >= 4 is 46.3 Å². The fourth-order valence-corrected chi connectivity index (χ4v) is 3.06. The van der Waals surface area contributed by atoms with Crippen LogP contribution in [0.2, 0.25) is 10.0 Å². The largest absolute Gasteiger partial charge is 0.497 e. The van der Waals surface area contributed by atoms with E-state index in [1.54, 1.807) is 37.4 Å². The Kier molecular flexibility index (Phi) is 7.99. The molecule has 0 aliphatic heterocycles. The molecule has 6 N–H and O–H groups in total. The van der Waals surface area contributed by atoms with Crippen molar-refractivity contribution in [2.24, 2.45) is 5.73 Å². The van der Waals surface area contributed by atoms with Gasteiger partial charge in [0.2, 0.25) is 0 Å². The van der Waals surface area contributed by atoms with Crippen molar-refractivity contribution in [3.05, 3.63) is 45.9 Å². The van der Waals surface area contributed by atoms with Gasteiger partial charge in [0.1, 0.15) is 5.75 Å². The first kappa shape index (κ1) is 21.1. The van der Waals surface area contributed by atoms with Gasteiger partial charge in [-0.25, -0.2) is 4.79 Å². The molecule has 0 atom stereocenters. The fourth-order valence-electron chi connectivity index (χ4n) is 2.47. The standard InChI is InChI=1S/C18H22Cl2N4O3/c1-27-14-9-12(22-4-3-21)8-13(10-14)23-18(26)24-17-7-11(19)6-16(20)15(17)2-5-25/h6-10,22,25H,2-5,21H2,1H3,(H2,23,24,26). The van der Waals surface area contributed by atoms with E-state index in [4.69, 9.17) is 33.7 Å². The number of amides is 2. The van der Waals surface area contributed by atoms with Crippen LogP contribution >= 0.6 is 23.2 Å². The highest BCUT2D eigenvalue weighted by Gasteiger charge is 2.13. The van der Waals surface area contributed by atoms with Gasteiger partial charge in [-0.1, -0.05) is 23.2 Å². The molecule has 2 aromatic carbocycles. The number of carbonyl (C=O) groups excluding carboxylic acids is 1. The van der Waals surface area contributed by atoms with E-state index in [1.807, 2.05) is 0 Å². The molecule has 0 unspecified atom stereocenters. The number of aliphatic hydroxyl groups is 1. The van der Waals surface area contributed by atoms with Crippen LogP contribution in [0.1, 0.15) is 5.56 Å². The Labute approximate surface area is 167 Å². The Morgan fingerprint density at radius 2 is 1.89 bits per heavy atom. The maximum Gasteiger partial charge on any atom is 0.323 e. The molecule has 0 radical (unpaired) electrons. The quantitative estimate of drug-likeness (QED) is 0.455. The van der Waals surface area contributed by atoms with Crippen LogP contribution in [-0.2, 0) is 6.42 Å². The third kappa shape index (κ3) is 6.18. The second-order valence-electron chi connectivity index (χ2n) is 5.63. The first-order valence-corrected chi connectivity index (χ1v) is 9.02. The minimum atomic E-state index is -0.481.